The predicted octanol–water partition coefficient (Wildman–Crippen LogP) is 3.27. The number of hydrogen-bond acceptors (Lipinski definition) is 5. The number of carbonyl (C=O) groups excluding carboxylic acids is 1. The van der Waals surface area contributed by atoms with Crippen LogP contribution in [0.25, 0.3) is 0 Å². The van der Waals surface area contributed by atoms with Crippen LogP contribution in [0.3, 0.4) is 0 Å². The van der Waals surface area contributed by atoms with Gasteiger partial charge in [-0.15, -0.1) is 0 Å². The largest absolute Gasteiger partial charge is 0.497 e. The quantitative estimate of drug-likeness (QED) is 0.615. The van der Waals surface area contributed by atoms with Crippen LogP contribution in [0.4, 0.5) is 10.1 Å². The van der Waals surface area contributed by atoms with Crippen molar-refractivity contribution in [3.05, 3.63) is 53.8 Å². The Morgan fingerprint density at radius 3 is 2.37 bits per heavy atom. The third kappa shape index (κ3) is 6.35. The van der Waals surface area contributed by atoms with Gasteiger partial charge in [-0.05, 0) is 55.8 Å². The molecule has 30 heavy (non-hydrogen) atoms. The topological polar surface area (TPSA) is 84.9 Å². The summed E-state index contributed by atoms with van der Waals surface area (Å²) >= 11 is 0. The Morgan fingerprint density at radius 1 is 1.13 bits per heavy atom. The van der Waals surface area contributed by atoms with Crippen LogP contribution < -0.4 is 19.1 Å². The maximum absolute atomic E-state index is 13.1. The van der Waals surface area contributed by atoms with Crippen LogP contribution in [0.5, 0.6) is 11.5 Å². The summed E-state index contributed by atoms with van der Waals surface area (Å²) in [5, 5.41) is 2.89. The molecule has 0 fully saturated rings. The summed E-state index contributed by atoms with van der Waals surface area (Å²) in [7, 11) is -0.453. The Kier molecular flexibility index (Phi) is 8.05. The van der Waals surface area contributed by atoms with Crippen LogP contribution in [-0.2, 0) is 14.8 Å². The van der Waals surface area contributed by atoms with Crippen molar-refractivity contribution in [2.24, 2.45) is 0 Å². The zero-order valence-corrected chi connectivity index (χ0v) is 18.3. The molecule has 0 radical (unpaired) electrons. The lowest BCUT2D eigenvalue weighted by Crippen LogP contribution is -2.32. The van der Waals surface area contributed by atoms with Crippen molar-refractivity contribution < 1.29 is 27.1 Å². The molecule has 0 aliphatic carbocycles. The first kappa shape index (κ1) is 23.5. The number of nitrogens with one attached hydrogen (secondary N) is 1. The molecule has 7 nitrogen and oxygen atoms in total. The maximum Gasteiger partial charge on any atom is 0.232 e. The number of methoxy groups -OCH3 is 2. The fraction of sp³-hybridized carbons (Fsp3) is 0.381. The molecule has 2 aromatic carbocycles. The van der Waals surface area contributed by atoms with Crippen LogP contribution in [0.15, 0.2) is 42.5 Å². The molecule has 0 aliphatic rings. The second kappa shape index (κ2) is 10.3. The van der Waals surface area contributed by atoms with E-state index in [1.807, 2.05) is 6.92 Å². The Bertz CT molecular complexity index is 964. The number of sulfonamides is 1. The zero-order chi connectivity index (χ0) is 22.3. The van der Waals surface area contributed by atoms with E-state index in [0.717, 1.165) is 16.1 Å². The van der Waals surface area contributed by atoms with Crippen LogP contribution in [0.1, 0.15) is 31.4 Å². The summed E-state index contributed by atoms with van der Waals surface area (Å²) in [5.41, 5.74) is 1.13. The first-order valence-corrected chi connectivity index (χ1v) is 11.2. The Hall–Kier alpha value is -2.81. The van der Waals surface area contributed by atoms with Gasteiger partial charge in [-0.3, -0.25) is 9.10 Å². The third-order valence-corrected chi connectivity index (χ3v) is 5.75. The summed E-state index contributed by atoms with van der Waals surface area (Å²) < 4.78 is 49.1. The van der Waals surface area contributed by atoms with Gasteiger partial charge in [-0.2, -0.15) is 0 Å². The van der Waals surface area contributed by atoms with Gasteiger partial charge < -0.3 is 14.8 Å². The fourth-order valence-corrected chi connectivity index (χ4v) is 4.01. The number of anilines is 1. The first-order valence-electron chi connectivity index (χ1n) is 9.40. The number of carbonyl (C=O) groups is 1. The lowest BCUT2D eigenvalue weighted by molar-refractivity contribution is -0.121. The lowest BCUT2D eigenvalue weighted by Gasteiger charge is -2.22. The fourth-order valence-electron chi connectivity index (χ4n) is 3.05. The van der Waals surface area contributed by atoms with E-state index in [9.17, 15) is 17.6 Å². The molecule has 0 aromatic heterocycles. The molecule has 0 saturated carbocycles. The number of nitrogens with zero attached hydrogens (tertiary/aromatic N) is 1. The highest BCUT2D eigenvalue weighted by Crippen LogP contribution is 2.29. The number of rotatable bonds is 10. The average Bonchev–Trinajstić information content (AvgIpc) is 2.70. The zero-order valence-electron chi connectivity index (χ0n) is 17.5. The summed E-state index contributed by atoms with van der Waals surface area (Å²) in [6.45, 7) is 1.94. The summed E-state index contributed by atoms with van der Waals surface area (Å²) in [4.78, 5) is 12.4. The molecule has 0 bridgehead atoms. The number of amides is 1. The Labute approximate surface area is 176 Å². The second-order valence-corrected chi connectivity index (χ2v) is 8.72. The van der Waals surface area contributed by atoms with E-state index in [2.05, 4.69) is 5.32 Å². The smallest absolute Gasteiger partial charge is 0.232 e. The summed E-state index contributed by atoms with van der Waals surface area (Å²) in [6, 6.07) is 10.2. The lowest BCUT2D eigenvalue weighted by atomic mass is 10.1. The van der Waals surface area contributed by atoms with Crippen molar-refractivity contribution >= 4 is 21.6 Å². The molecule has 1 N–H and O–H groups in total. The number of ether oxygens (including phenoxy) is 2. The molecule has 2 aromatic rings. The molecule has 0 unspecified atom stereocenters. The Balaban J connectivity index is 1.99. The van der Waals surface area contributed by atoms with Crippen molar-refractivity contribution in [1.29, 1.82) is 0 Å². The van der Waals surface area contributed by atoms with Gasteiger partial charge in [0, 0.05) is 18.5 Å². The van der Waals surface area contributed by atoms with Gasteiger partial charge in [0.2, 0.25) is 15.9 Å². The van der Waals surface area contributed by atoms with Gasteiger partial charge >= 0.3 is 0 Å². The second-order valence-electron chi connectivity index (χ2n) is 6.81. The maximum atomic E-state index is 13.1. The highest BCUT2D eigenvalue weighted by molar-refractivity contribution is 7.92. The molecule has 0 aliphatic heterocycles. The Morgan fingerprint density at radius 2 is 1.80 bits per heavy atom. The molecule has 0 spiro atoms. The van der Waals surface area contributed by atoms with E-state index < -0.39 is 15.8 Å². The van der Waals surface area contributed by atoms with E-state index in [-0.39, 0.29) is 24.9 Å². The van der Waals surface area contributed by atoms with Gasteiger partial charge in [0.05, 0.1) is 32.2 Å². The molecular weight excluding hydrogens is 411 g/mol. The van der Waals surface area contributed by atoms with Crippen molar-refractivity contribution in [1.82, 2.24) is 5.32 Å². The standard InChI is InChI=1S/C21H27FN2O5S/c1-15(19-14-18(28-2)11-12-20(19)29-3)23-21(25)6-5-13-24(30(4,26)27)17-9-7-16(22)8-10-17/h7-12,14-15H,5-6,13H2,1-4H3,(H,23,25)/t15-/m1/s1. The van der Waals surface area contributed by atoms with Crippen LogP contribution >= 0.6 is 0 Å². The molecule has 0 heterocycles. The number of hydrogen-bond donors (Lipinski definition) is 1. The number of benzene rings is 2. The minimum atomic E-state index is -3.56. The molecular formula is C21H27FN2O5S. The minimum absolute atomic E-state index is 0.106. The third-order valence-electron chi connectivity index (χ3n) is 4.56. The molecule has 1 atom stereocenters. The van der Waals surface area contributed by atoms with Gasteiger partial charge in [0.15, 0.2) is 0 Å². The van der Waals surface area contributed by atoms with Crippen LogP contribution in [-0.4, -0.2) is 41.3 Å². The van der Waals surface area contributed by atoms with E-state index in [4.69, 9.17) is 9.47 Å². The predicted molar refractivity (Wildman–Crippen MR) is 114 cm³/mol. The van der Waals surface area contributed by atoms with E-state index in [1.54, 1.807) is 32.4 Å². The monoisotopic (exact) mass is 438 g/mol. The highest BCUT2D eigenvalue weighted by atomic mass is 32.2. The SMILES string of the molecule is COc1ccc(OC)c([C@@H](C)NC(=O)CCCN(c2ccc(F)cc2)S(C)(=O)=O)c1. The highest BCUT2D eigenvalue weighted by Gasteiger charge is 2.19. The molecule has 164 valence electrons. The first-order chi connectivity index (χ1) is 14.2. The molecule has 9 heteroatoms. The van der Waals surface area contributed by atoms with Crippen molar-refractivity contribution in [2.45, 2.75) is 25.8 Å². The van der Waals surface area contributed by atoms with Crippen molar-refractivity contribution in [3.8, 4) is 11.5 Å². The van der Waals surface area contributed by atoms with Crippen LogP contribution in [0, 0.1) is 5.82 Å². The van der Waals surface area contributed by atoms with Gasteiger partial charge in [0.25, 0.3) is 0 Å². The van der Waals surface area contributed by atoms with Gasteiger partial charge in [-0.25, -0.2) is 12.8 Å². The van der Waals surface area contributed by atoms with E-state index in [1.165, 1.54) is 24.3 Å². The van der Waals surface area contributed by atoms with Crippen LogP contribution in [0.2, 0.25) is 0 Å². The summed E-state index contributed by atoms with van der Waals surface area (Å²) in [5.74, 6) is 0.603. The van der Waals surface area contributed by atoms with Gasteiger partial charge in [-0.1, -0.05) is 0 Å². The van der Waals surface area contributed by atoms with Gasteiger partial charge in [0.1, 0.15) is 17.3 Å². The normalized spacial score (nSPS) is 12.2. The minimum Gasteiger partial charge on any atom is -0.497 e. The number of halogens is 1. The van der Waals surface area contributed by atoms with Crippen molar-refractivity contribution in [3.63, 3.8) is 0 Å². The average molecular weight is 439 g/mol. The molecule has 0 saturated heterocycles. The van der Waals surface area contributed by atoms with Crippen molar-refractivity contribution in [2.75, 3.05) is 31.3 Å². The van der Waals surface area contributed by atoms with E-state index >= 15 is 0 Å². The summed E-state index contributed by atoms with van der Waals surface area (Å²) in [6.07, 6.45) is 1.51. The van der Waals surface area contributed by atoms with E-state index in [0.29, 0.717) is 23.6 Å². The molecule has 1 amide bonds. The molecule has 2 rings (SSSR count).